The van der Waals surface area contributed by atoms with E-state index in [9.17, 15) is 36.3 Å². The molecule has 0 spiro atoms. The van der Waals surface area contributed by atoms with E-state index < -0.39 is 74.5 Å². The normalized spacial score (nSPS) is 25.1. The number of esters is 1. The van der Waals surface area contributed by atoms with Gasteiger partial charge in [0.25, 0.3) is 5.91 Å². The summed E-state index contributed by atoms with van der Waals surface area (Å²) in [5.74, 6) is -7.70. The number of benzene rings is 2. The molecule has 2 aliphatic rings. The van der Waals surface area contributed by atoms with Crippen molar-refractivity contribution in [3.63, 3.8) is 0 Å². The van der Waals surface area contributed by atoms with Crippen molar-refractivity contribution < 1.29 is 41.0 Å². The lowest BCUT2D eigenvalue weighted by molar-refractivity contribution is -0.157. The predicted molar refractivity (Wildman–Crippen MR) is 136 cm³/mol. The molecule has 2 bridgehead atoms. The number of carbonyl (C=O) groups is 2. The van der Waals surface area contributed by atoms with Crippen LogP contribution in [0.5, 0.6) is 0 Å². The van der Waals surface area contributed by atoms with E-state index >= 15 is 0 Å². The van der Waals surface area contributed by atoms with Crippen LogP contribution in [0.4, 0.5) is 18.9 Å². The first-order valence-electron chi connectivity index (χ1n) is 12.3. The molecular weight excluding hydrogens is 561 g/mol. The van der Waals surface area contributed by atoms with Crippen LogP contribution in [0.25, 0.3) is 0 Å². The van der Waals surface area contributed by atoms with Gasteiger partial charge in [-0.15, -0.1) is 0 Å². The van der Waals surface area contributed by atoms with Crippen LogP contribution in [0.1, 0.15) is 43.5 Å². The van der Waals surface area contributed by atoms with E-state index in [1.54, 1.807) is 13.8 Å². The Morgan fingerprint density at radius 3 is 2.44 bits per heavy atom. The van der Waals surface area contributed by atoms with Gasteiger partial charge in [0.2, 0.25) is 0 Å². The van der Waals surface area contributed by atoms with Gasteiger partial charge in [-0.25, -0.2) is 21.6 Å². The number of hydrogen-bond donors (Lipinski definition) is 3. The summed E-state index contributed by atoms with van der Waals surface area (Å²) in [6.45, 7) is 3.09. The monoisotopic (exact) mass is 588 g/mol. The quantitative estimate of drug-likeness (QED) is 0.315. The summed E-state index contributed by atoms with van der Waals surface area (Å²) in [7, 11) is -4.20. The Bertz CT molecular complexity index is 1400. The molecule has 0 radical (unpaired) electrons. The number of halogens is 4. The number of carbonyl (C=O) groups excluding carboxylic acids is 2. The van der Waals surface area contributed by atoms with Crippen LogP contribution in [0.3, 0.4) is 0 Å². The van der Waals surface area contributed by atoms with Gasteiger partial charge in [-0.3, -0.25) is 9.59 Å². The van der Waals surface area contributed by atoms with Crippen molar-refractivity contribution in [2.45, 2.75) is 54.9 Å². The highest BCUT2D eigenvalue weighted by atomic mass is 35.5. The molecule has 0 aliphatic heterocycles. The number of nitrogens with two attached hydrogens (primary N) is 1. The molecule has 0 saturated heterocycles. The average molecular weight is 589 g/mol. The molecule has 4 rings (SSSR count). The minimum atomic E-state index is -4.20. The molecule has 4 N–H and O–H groups in total. The average Bonchev–Trinajstić information content (AvgIpc) is 3.42. The lowest BCUT2D eigenvalue weighted by Gasteiger charge is -2.32. The molecule has 2 aliphatic carbocycles. The van der Waals surface area contributed by atoms with Crippen molar-refractivity contribution in [2.75, 3.05) is 11.9 Å². The molecule has 2 aromatic carbocycles. The van der Waals surface area contributed by atoms with E-state index in [4.69, 9.17) is 22.1 Å². The minimum absolute atomic E-state index is 0.0885. The van der Waals surface area contributed by atoms with E-state index in [-0.39, 0.29) is 33.5 Å². The van der Waals surface area contributed by atoms with Gasteiger partial charge in [0.1, 0.15) is 18.2 Å². The summed E-state index contributed by atoms with van der Waals surface area (Å²) in [4.78, 5) is 24.6. The molecule has 0 aromatic heterocycles. The van der Waals surface area contributed by atoms with Gasteiger partial charge in [-0.05, 0) is 49.3 Å². The number of nitrogens with one attached hydrogen (secondary N) is 1. The van der Waals surface area contributed by atoms with Crippen molar-refractivity contribution in [2.24, 2.45) is 23.5 Å². The summed E-state index contributed by atoms with van der Waals surface area (Å²) in [5, 5.41) is 12.3. The molecule has 1 amide bonds. The fourth-order valence-electron chi connectivity index (χ4n) is 5.49. The lowest BCUT2D eigenvalue weighted by Crippen LogP contribution is -2.45. The van der Waals surface area contributed by atoms with Crippen LogP contribution in [-0.2, 0) is 19.4 Å². The highest BCUT2D eigenvalue weighted by molar-refractivity contribution is 7.92. The maximum Gasteiger partial charge on any atom is 0.323 e. The Balaban J connectivity index is 1.57. The third kappa shape index (κ3) is 5.52. The predicted octanol–water partition coefficient (Wildman–Crippen LogP) is 3.84. The molecule has 39 heavy (non-hydrogen) atoms. The van der Waals surface area contributed by atoms with E-state index in [2.05, 4.69) is 5.32 Å². The van der Waals surface area contributed by atoms with E-state index in [0.29, 0.717) is 25.0 Å². The zero-order chi connectivity index (χ0) is 28.9. The molecule has 2 saturated carbocycles. The van der Waals surface area contributed by atoms with Gasteiger partial charge in [0, 0.05) is 29.3 Å². The molecule has 2 aromatic rings. The highest BCUT2D eigenvalue weighted by Crippen LogP contribution is 2.55. The van der Waals surface area contributed by atoms with Crippen LogP contribution in [0.15, 0.2) is 35.2 Å². The molecule has 2 unspecified atom stereocenters. The van der Waals surface area contributed by atoms with Crippen LogP contribution in [0, 0.1) is 35.2 Å². The van der Waals surface area contributed by atoms with Gasteiger partial charge in [-0.1, -0.05) is 25.4 Å². The van der Waals surface area contributed by atoms with E-state index in [1.165, 1.54) is 12.1 Å². The Morgan fingerprint density at radius 2 is 1.82 bits per heavy atom. The maximum absolute atomic E-state index is 13.8. The number of hydrogen-bond acceptors (Lipinski definition) is 7. The van der Waals surface area contributed by atoms with Crippen LogP contribution < -0.4 is 11.1 Å². The van der Waals surface area contributed by atoms with Crippen molar-refractivity contribution >= 4 is 39.0 Å². The summed E-state index contributed by atoms with van der Waals surface area (Å²) < 4.78 is 73.2. The van der Waals surface area contributed by atoms with Crippen molar-refractivity contribution in [3.05, 3.63) is 58.4 Å². The highest BCUT2D eigenvalue weighted by Gasteiger charge is 2.61. The number of sulfone groups is 1. The number of anilines is 1. The molecule has 8 nitrogen and oxygen atoms in total. The van der Waals surface area contributed by atoms with Gasteiger partial charge >= 0.3 is 5.97 Å². The van der Waals surface area contributed by atoms with Gasteiger partial charge in [0.05, 0.1) is 15.2 Å². The van der Waals surface area contributed by atoms with E-state index in [0.717, 1.165) is 6.07 Å². The van der Waals surface area contributed by atoms with Crippen LogP contribution in [0.2, 0.25) is 5.02 Å². The molecule has 13 heteroatoms. The molecule has 5 atom stereocenters. The van der Waals surface area contributed by atoms with Crippen molar-refractivity contribution in [3.8, 4) is 0 Å². The van der Waals surface area contributed by atoms with Crippen molar-refractivity contribution in [1.29, 1.82) is 0 Å². The maximum atomic E-state index is 13.8. The van der Waals surface area contributed by atoms with Crippen LogP contribution >= 0.6 is 11.6 Å². The Labute approximate surface area is 228 Å². The standard InChI is InChI=1S/C26H28ClF3N2O6S/c1-12(2)22(31)25(34)38-11-26(35)10-14-3-5-16(26)23(14)39(36,37)20-7-13(4-6-17(20)27)24(33)32-15-8-18(28)21(30)19(29)9-15/h4,6-9,12,14,16,22-23,35H,3,5,10-11,31H2,1-2H3,(H,32,33)/t14?,16?,22-,23+,26-/m0/s1. The Hall–Kier alpha value is -2.67. The zero-order valence-corrected chi connectivity index (χ0v) is 22.7. The van der Waals surface area contributed by atoms with Crippen molar-refractivity contribution in [1.82, 2.24) is 0 Å². The summed E-state index contributed by atoms with van der Waals surface area (Å²) >= 11 is 6.24. The lowest BCUT2D eigenvalue weighted by atomic mass is 9.85. The van der Waals surface area contributed by atoms with E-state index in [1.807, 2.05) is 0 Å². The zero-order valence-electron chi connectivity index (χ0n) is 21.1. The number of rotatable bonds is 8. The largest absolute Gasteiger partial charge is 0.461 e. The Kier molecular flexibility index (Phi) is 8.06. The molecule has 0 heterocycles. The number of aliphatic hydroxyl groups is 1. The first-order valence-corrected chi connectivity index (χ1v) is 14.2. The number of fused-ring (bicyclic) bond motifs is 2. The second kappa shape index (κ2) is 10.7. The summed E-state index contributed by atoms with van der Waals surface area (Å²) in [5.41, 5.74) is 3.68. The molecule has 2 fully saturated rings. The first kappa shape index (κ1) is 29.3. The second-order valence-electron chi connectivity index (χ2n) is 10.5. The fraction of sp³-hybridized carbons (Fsp3) is 0.462. The number of amides is 1. The molecule has 212 valence electrons. The fourth-order valence-corrected chi connectivity index (χ4v) is 8.41. The number of ether oxygens (including phenoxy) is 1. The smallest absolute Gasteiger partial charge is 0.323 e. The van der Waals surface area contributed by atoms with Gasteiger partial charge in [-0.2, -0.15) is 0 Å². The third-order valence-corrected chi connectivity index (χ3v) is 10.4. The summed E-state index contributed by atoms with van der Waals surface area (Å²) in [6.07, 6.45) is 0.986. The van der Waals surface area contributed by atoms with Crippen LogP contribution in [-0.4, -0.2) is 48.9 Å². The minimum Gasteiger partial charge on any atom is -0.461 e. The molecular formula is C26H28ClF3N2O6S. The van der Waals surface area contributed by atoms with Gasteiger partial charge in [0.15, 0.2) is 27.3 Å². The Morgan fingerprint density at radius 1 is 1.18 bits per heavy atom. The summed E-state index contributed by atoms with van der Waals surface area (Å²) in [6, 6.07) is 3.75. The second-order valence-corrected chi connectivity index (χ2v) is 13.0. The first-order chi connectivity index (χ1) is 18.2. The topological polar surface area (TPSA) is 136 Å². The SMILES string of the molecule is CC(C)[C@H](N)C(=O)OC[C@@]1(O)CC2CCC1[C@@H]2S(=O)(=O)c1cc(C(=O)Nc2cc(F)c(F)c(F)c2)ccc1Cl. The van der Waals surface area contributed by atoms with Gasteiger partial charge < -0.3 is 20.9 Å². The third-order valence-electron chi connectivity index (χ3n) is 7.57.